The molecule has 0 atom stereocenters. The number of anilines is 1. The molecule has 21 heavy (non-hydrogen) atoms. The molecule has 3 N–H and O–H groups in total. The van der Waals surface area contributed by atoms with Crippen LogP contribution in [0, 0.1) is 0 Å². The Morgan fingerprint density at radius 3 is 2.86 bits per heavy atom. The lowest BCUT2D eigenvalue weighted by Crippen LogP contribution is -2.34. The van der Waals surface area contributed by atoms with Gasteiger partial charge in [0.15, 0.2) is 0 Å². The lowest BCUT2D eigenvalue weighted by atomic mass is 10.2. The van der Waals surface area contributed by atoms with Crippen LogP contribution in [0.3, 0.4) is 0 Å². The van der Waals surface area contributed by atoms with Crippen molar-refractivity contribution in [1.82, 2.24) is 4.90 Å². The van der Waals surface area contributed by atoms with E-state index >= 15 is 0 Å². The summed E-state index contributed by atoms with van der Waals surface area (Å²) in [6.45, 7) is 2.97. The predicted molar refractivity (Wildman–Crippen MR) is 89.1 cm³/mol. The number of benzene rings is 1. The van der Waals surface area contributed by atoms with Crippen LogP contribution in [-0.2, 0) is 0 Å². The van der Waals surface area contributed by atoms with Gasteiger partial charge in [-0.2, -0.15) is 0 Å². The van der Waals surface area contributed by atoms with Gasteiger partial charge in [-0.15, -0.1) is 11.3 Å². The van der Waals surface area contributed by atoms with Gasteiger partial charge in [0.25, 0.3) is 5.91 Å². The van der Waals surface area contributed by atoms with Crippen molar-refractivity contribution in [2.75, 3.05) is 25.4 Å². The van der Waals surface area contributed by atoms with Crippen molar-refractivity contribution in [1.29, 1.82) is 0 Å². The van der Waals surface area contributed by atoms with Crippen molar-refractivity contribution >= 4 is 44.6 Å². The molecular weight excluding hydrogens is 308 g/mol. The zero-order valence-electron chi connectivity index (χ0n) is 11.9. The van der Waals surface area contributed by atoms with Crippen LogP contribution < -0.4 is 5.73 Å². The smallest absolute Gasteiger partial charge is 0.266 e. The van der Waals surface area contributed by atoms with E-state index in [1.165, 1.54) is 11.3 Å². The number of nitrogens with two attached hydrogens (primary N) is 1. The number of hydrogen-bond acceptors (Lipinski definition) is 4. The topological polar surface area (TPSA) is 66.6 Å². The Labute approximate surface area is 133 Å². The maximum Gasteiger partial charge on any atom is 0.266 e. The van der Waals surface area contributed by atoms with Gasteiger partial charge in [0.2, 0.25) is 0 Å². The molecule has 2 rings (SSSR count). The molecule has 0 aliphatic rings. The second kappa shape index (κ2) is 7.11. The zero-order chi connectivity index (χ0) is 15.4. The molecule has 1 amide bonds. The molecular formula is C15H19ClN2O2S. The summed E-state index contributed by atoms with van der Waals surface area (Å²) in [5.41, 5.74) is 6.59. The first kappa shape index (κ1) is 16.1. The van der Waals surface area contributed by atoms with Crippen LogP contribution in [0.15, 0.2) is 18.2 Å². The van der Waals surface area contributed by atoms with Gasteiger partial charge in [0.05, 0.1) is 12.3 Å². The van der Waals surface area contributed by atoms with Crippen molar-refractivity contribution < 1.29 is 9.90 Å². The molecule has 0 aliphatic carbocycles. The number of carbonyl (C=O) groups excluding carboxylic acids is 1. The van der Waals surface area contributed by atoms with Crippen molar-refractivity contribution in [2.45, 2.75) is 19.8 Å². The lowest BCUT2D eigenvalue weighted by molar-refractivity contribution is 0.0725. The second-order valence-electron chi connectivity index (χ2n) is 4.85. The summed E-state index contributed by atoms with van der Waals surface area (Å²) in [5.74, 6) is -0.118. The van der Waals surface area contributed by atoms with Gasteiger partial charge < -0.3 is 15.7 Å². The summed E-state index contributed by atoms with van der Waals surface area (Å²) < 4.78 is 0.944. The molecule has 1 aromatic heterocycles. The number of hydrogen-bond donors (Lipinski definition) is 2. The number of fused-ring (bicyclic) bond motifs is 1. The van der Waals surface area contributed by atoms with Crippen molar-refractivity contribution in [3.63, 3.8) is 0 Å². The van der Waals surface area contributed by atoms with Gasteiger partial charge in [0, 0.05) is 28.2 Å². The Morgan fingerprint density at radius 2 is 2.19 bits per heavy atom. The third kappa shape index (κ3) is 3.48. The number of unbranched alkanes of at least 4 members (excludes halogenated alkanes) is 1. The Kier molecular flexibility index (Phi) is 5.45. The van der Waals surface area contributed by atoms with E-state index in [1.807, 2.05) is 6.07 Å². The van der Waals surface area contributed by atoms with Crippen LogP contribution in [0.2, 0.25) is 5.02 Å². The molecule has 1 heterocycles. The number of aliphatic hydroxyl groups is 1. The normalized spacial score (nSPS) is 11.0. The van der Waals surface area contributed by atoms with E-state index < -0.39 is 0 Å². The minimum Gasteiger partial charge on any atom is -0.397 e. The van der Waals surface area contributed by atoms with E-state index in [9.17, 15) is 4.79 Å². The highest BCUT2D eigenvalue weighted by Gasteiger charge is 2.21. The van der Waals surface area contributed by atoms with E-state index in [2.05, 4.69) is 6.92 Å². The zero-order valence-corrected chi connectivity index (χ0v) is 13.5. The maximum absolute atomic E-state index is 12.6. The average Bonchev–Trinajstić information content (AvgIpc) is 2.80. The van der Waals surface area contributed by atoms with Gasteiger partial charge in [-0.3, -0.25) is 4.79 Å². The maximum atomic E-state index is 12.6. The lowest BCUT2D eigenvalue weighted by Gasteiger charge is -2.21. The van der Waals surface area contributed by atoms with Crippen LogP contribution in [0.1, 0.15) is 29.4 Å². The predicted octanol–water partition coefficient (Wildman–Crippen LogP) is 3.37. The van der Waals surface area contributed by atoms with Crippen LogP contribution in [-0.4, -0.2) is 35.6 Å². The van der Waals surface area contributed by atoms with E-state index in [0.717, 1.165) is 22.9 Å². The molecule has 0 saturated carbocycles. The van der Waals surface area contributed by atoms with E-state index in [-0.39, 0.29) is 12.5 Å². The molecule has 0 bridgehead atoms. The van der Waals surface area contributed by atoms with E-state index in [1.54, 1.807) is 17.0 Å². The summed E-state index contributed by atoms with van der Waals surface area (Å²) in [6.07, 6.45) is 1.90. The molecule has 1 aromatic carbocycles. The highest BCUT2D eigenvalue weighted by molar-refractivity contribution is 7.21. The number of carbonyl (C=O) groups is 1. The fraction of sp³-hybridized carbons (Fsp3) is 0.400. The molecule has 0 spiro atoms. The number of aliphatic hydroxyl groups excluding tert-OH is 1. The van der Waals surface area contributed by atoms with E-state index in [0.29, 0.717) is 28.7 Å². The second-order valence-corrected chi connectivity index (χ2v) is 6.34. The summed E-state index contributed by atoms with van der Waals surface area (Å²) >= 11 is 7.35. The quantitative estimate of drug-likeness (QED) is 0.855. The highest BCUT2D eigenvalue weighted by atomic mass is 35.5. The number of halogens is 1. The summed E-state index contributed by atoms with van der Waals surface area (Å²) in [4.78, 5) is 14.8. The van der Waals surface area contributed by atoms with Gasteiger partial charge in [-0.1, -0.05) is 24.9 Å². The summed E-state index contributed by atoms with van der Waals surface area (Å²) in [5, 5.41) is 10.6. The molecule has 0 aliphatic heterocycles. The molecule has 2 aromatic rings. The SMILES string of the molecule is CCCCN(CCO)C(=O)c1sc2ccc(Cl)cc2c1N. The molecule has 4 nitrogen and oxygen atoms in total. The molecule has 114 valence electrons. The minimum atomic E-state index is -0.118. The first-order valence-corrected chi connectivity index (χ1v) is 8.15. The fourth-order valence-corrected chi connectivity index (χ4v) is 3.42. The first-order chi connectivity index (χ1) is 10.1. The number of rotatable bonds is 6. The molecule has 6 heteroatoms. The van der Waals surface area contributed by atoms with Crippen molar-refractivity contribution in [3.8, 4) is 0 Å². The van der Waals surface area contributed by atoms with E-state index in [4.69, 9.17) is 22.4 Å². The number of nitrogens with zero attached hydrogens (tertiary/aromatic N) is 1. The minimum absolute atomic E-state index is 0.0495. The van der Waals surface area contributed by atoms with Crippen LogP contribution in [0.4, 0.5) is 5.69 Å². The Morgan fingerprint density at radius 1 is 1.43 bits per heavy atom. The monoisotopic (exact) mass is 326 g/mol. The fourth-order valence-electron chi connectivity index (χ4n) is 2.18. The average molecular weight is 327 g/mol. The Hall–Kier alpha value is -1.30. The number of thiophene rings is 1. The largest absolute Gasteiger partial charge is 0.397 e. The third-order valence-electron chi connectivity index (χ3n) is 3.32. The van der Waals surface area contributed by atoms with Gasteiger partial charge >= 0.3 is 0 Å². The van der Waals surface area contributed by atoms with Crippen LogP contribution in [0.5, 0.6) is 0 Å². The Balaban J connectivity index is 2.34. The van der Waals surface area contributed by atoms with Gasteiger partial charge in [0.1, 0.15) is 4.88 Å². The number of nitrogen functional groups attached to an aromatic ring is 1. The van der Waals surface area contributed by atoms with Gasteiger partial charge in [-0.05, 0) is 24.6 Å². The van der Waals surface area contributed by atoms with Crippen LogP contribution in [0.25, 0.3) is 10.1 Å². The van der Waals surface area contributed by atoms with Crippen molar-refractivity contribution in [3.05, 3.63) is 28.1 Å². The summed E-state index contributed by atoms with van der Waals surface area (Å²) in [6, 6.07) is 5.44. The first-order valence-electron chi connectivity index (χ1n) is 6.96. The molecule has 0 fully saturated rings. The van der Waals surface area contributed by atoms with Crippen LogP contribution >= 0.6 is 22.9 Å². The Bertz CT molecular complexity index is 642. The number of amides is 1. The van der Waals surface area contributed by atoms with Gasteiger partial charge in [-0.25, -0.2) is 0 Å². The molecule has 0 radical (unpaired) electrons. The third-order valence-corrected chi connectivity index (χ3v) is 4.73. The highest BCUT2D eigenvalue weighted by Crippen LogP contribution is 2.35. The summed E-state index contributed by atoms with van der Waals surface area (Å²) in [7, 11) is 0. The molecule has 0 unspecified atom stereocenters. The standard InChI is InChI=1S/C15H19ClN2O2S/c1-2-3-6-18(7-8-19)15(20)14-13(17)11-9-10(16)4-5-12(11)21-14/h4-5,9,19H,2-3,6-8,17H2,1H3. The van der Waals surface area contributed by atoms with Crippen molar-refractivity contribution in [2.24, 2.45) is 0 Å². The molecule has 0 saturated heterocycles.